The fraction of sp³-hybridized carbons (Fsp3) is 1.00. The molecule has 2 heteroatoms. The van der Waals surface area contributed by atoms with Crippen molar-refractivity contribution in [2.45, 2.75) is 57.7 Å². The molecule has 2 nitrogen and oxygen atoms in total. The van der Waals surface area contributed by atoms with E-state index in [4.69, 9.17) is 0 Å². The Labute approximate surface area is 81.7 Å². The summed E-state index contributed by atoms with van der Waals surface area (Å²) in [5.74, 6) is 0. The van der Waals surface area contributed by atoms with Gasteiger partial charge in [-0.2, -0.15) is 0 Å². The summed E-state index contributed by atoms with van der Waals surface area (Å²) in [6, 6.07) is 0.777. The van der Waals surface area contributed by atoms with E-state index < -0.39 is 0 Å². The summed E-state index contributed by atoms with van der Waals surface area (Å²) in [7, 11) is 0. The molecule has 2 saturated heterocycles. The lowest BCUT2D eigenvalue weighted by atomic mass is 9.92. The van der Waals surface area contributed by atoms with Gasteiger partial charge in [0.1, 0.15) is 0 Å². The Balaban J connectivity index is 2.27. The van der Waals surface area contributed by atoms with Gasteiger partial charge in [0, 0.05) is 30.2 Å². The van der Waals surface area contributed by atoms with Crippen LogP contribution in [-0.4, -0.2) is 35.1 Å². The predicted octanol–water partition coefficient (Wildman–Crippen LogP) is 1.61. The number of hydrogen-bond donors (Lipinski definition) is 1. The molecular formula is C11H22N2. The van der Waals surface area contributed by atoms with Gasteiger partial charge in [0.05, 0.1) is 0 Å². The Morgan fingerprint density at radius 1 is 1.38 bits per heavy atom. The molecule has 2 unspecified atom stereocenters. The van der Waals surface area contributed by atoms with Crippen molar-refractivity contribution < 1.29 is 0 Å². The second kappa shape index (κ2) is 2.71. The number of nitrogens with one attached hydrogen (secondary N) is 1. The van der Waals surface area contributed by atoms with E-state index in [0.29, 0.717) is 11.1 Å². The third-order valence-corrected chi connectivity index (χ3v) is 3.57. The highest BCUT2D eigenvalue weighted by molar-refractivity contribution is 5.07. The van der Waals surface area contributed by atoms with Crippen molar-refractivity contribution in [1.82, 2.24) is 10.2 Å². The molecule has 0 aliphatic carbocycles. The minimum absolute atomic E-state index is 0.331. The minimum atomic E-state index is 0.331. The van der Waals surface area contributed by atoms with Gasteiger partial charge in [-0.05, 0) is 40.5 Å². The van der Waals surface area contributed by atoms with Crippen LogP contribution in [0.1, 0.15) is 40.5 Å². The van der Waals surface area contributed by atoms with Crippen molar-refractivity contribution in [3.8, 4) is 0 Å². The van der Waals surface area contributed by atoms with Crippen molar-refractivity contribution in [2.75, 3.05) is 13.1 Å². The molecule has 0 aromatic heterocycles. The molecule has 2 heterocycles. The maximum Gasteiger partial charge on any atom is 0.0315 e. The van der Waals surface area contributed by atoms with Crippen LogP contribution in [0.5, 0.6) is 0 Å². The van der Waals surface area contributed by atoms with Gasteiger partial charge in [-0.1, -0.05) is 0 Å². The third kappa shape index (κ3) is 1.40. The van der Waals surface area contributed by atoms with Crippen molar-refractivity contribution in [3.63, 3.8) is 0 Å². The van der Waals surface area contributed by atoms with E-state index in [9.17, 15) is 0 Å². The summed E-state index contributed by atoms with van der Waals surface area (Å²) < 4.78 is 0. The Kier molecular flexibility index (Phi) is 1.97. The first-order valence-electron chi connectivity index (χ1n) is 5.44. The Bertz CT molecular complexity index is 203. The van der Waals surface area contributed by atoms with Crippen LogP contribution in [0.3, 0.4) is 0 Å². The lowest BCUT2D eigenvalue weighted by molar-refractivity contribution is -0.00143. The molecular weight excluding hydrogens is 160 g/mol. The molecule has 0 radical (unpaired) electrons. The molecule has 1 N–H and O–H groups in total. The SMILES string of the molecule is CC(C)(C)N1C2CCC1(C)CNC2. The van der Waals surface area contributed by atoms with Crippen molar-refractivity contribution >= 4 is 0 Å². The molecule has 2 fully saturated rings. The predicted molar refractivity (Wildman–Crippen MR) is 55.9 cm³/mol. The van der Waals surface area contributed by atoms with Crippen LogP contribution in [-0.2, 0) is 0 Å². The molecule has 2 atom stereocenters. The van der Waals surface area contributed by atoms with E-state index in [0.717, 1.165) is 6.04 Å². The van der Waals surface area contributed by atoms with Gasteiger partial charge in [-0.25, -0.2) is 0 Å². The van der Waals surface area contributed by atoms with Crippen LogP contribution in [0, 0.1) is 0 Å². The molecule has 2 bridgehead atoms. The van der Waals surface area contributed by atoms with Crippen molar-refractivity contribution in [1.29, 1.82) is 0 Å². The summed E-state index contributed by atoms with van der Waals surface area (Å²) in [6.45, 7) is 11.8. The first kappa shape index (κ1) is 9.47. The molecule has 0 aromatic rings. The highest BCUT2D eigenvalue weighted by Crippen LogP contribution is 2.40. The van der Waals surface area contributed by atoms with E-state index in [1.165, 1.54) is 25.9 Å². The molecule has 2 aliphatic rings. The van der Waals surface area contributed by atoms with Gasteiger partial charge >= 0.3 is 0 Å². The fourth-order valence-electron chi connectivity index (χ4n) is 3.40. The Morgan fingerprint density at radius 2 is 2.08 bits per heavy atom. The molecule has 2 rings (SSSR count). The van der Waals surface area contributed by atoms with Crippen LogP contribution < -0.4 is 5.32 Å². The maximum absolute atomic E-state index is 3.55. The first-order valence-corrected chi connectivity index (χ1v) is 5.44. The monoisotopic (exact) mass is 182 g/mol. The van der Waals surface area contributed by atoms with Gasteiger partial charge in [-0.15, -0.1) is 0 Å². The maximum atomic E-state index is 3.55. The second-order valence-electron chi connectivity index (χ2n) is 5.86. The first-order chi connectivity index (χ1) is 5.93. The summed E-state index contributed by atoms with van der Waals surface area (Å²) in [5.41, 5.74) is 0.749. The molecule has 0 saturated carbocycles. The lowest BCUT2D eigenvalue weighted by Crippen LogP contribution is -2.64. The van der Waals surface area contributed by atoms with E-state index in [-0.39, 0.29) is 0 Å². The molecule has 0 amide bonds. The molecule has 0 aromatic carbocycles. The summed E-state index contributed by atoms with van der Waals surface area (Å²) in [5, 5.41) is 3.55. The van der Waals surface area contributed by atoms with Gasteiger partial charge in [-0.3, -0.25) is 4.90 Å². The van der Waals surface area contributed by atoms with Crippen molar-refractivity contribution in [2.24, 2.45) is 0 Å². The number of fused-ring (bicyclic) bond motifs is 2. The zero-order valence-electron chi connectivity index (χ0n) is 9.35. The topological polar surface area (TPSA) is 15.3 Å². The summed E-state index contributed by atoms with van der Waals surface area (Å²) >= 11 is 0. The van der Waals surface area contributed by atoms with Crippen LogP contribution in [0.4, 0.5) is 0 Å². The highest BCUT2D eigenvalue weighted by atomic mass is 15.3. The van der Waals surface area contributed by atoms with Crippen molar-refractivity contribution in [3.05, 3.63) is 0 Å². The van der Waals surface area contributed by atoms with Crippen LogP contribution in [0.2, 0.25) is 0 Å². The standard InChI is InChI=1S/C11H22N2/c1-10(2,3)13-9-5-6-11(13,4)8-12-7-9/h9,12H,5-8H2,1-4H3. The van der Waals surface area contributed by atoms with Gasteiger partial charge in [0.2, 0.25) is 0 Å². The molecule has 0 spiro atoms. The Hall–Kier alpha value is -0.0800. The third-order valence-electron chi connectivity index (χ3n) is 3.57. The molecule has 76 valence electrons. The van der Waals surface area contributed by atoms with E-state index >= 15 is 0 Å². The largest absolute Gasteiger partial charge is 0.313 e. The molecule has 13 heavy (non-hydrogen) atoms. The summed E-state index contributed by atoms with van der Waals surface area (Å²) in [4.78, 5) is 2.73. The average molecular weight is 182 g/mol. The van der Waals surface area contributed by atoms with E-state index in [1.54, 1.807) is 0 Å². The highest BCUT2D eigenvalue weighted by Gasteiger charge is 2.49. The number of piperazine rings is 1. The van der Waals surface area contributed by atoms with Gasteiger partial charge in [0.25, 0.3) is 0 Å². The van der Waals surface area contributed by atoms with Crippen LogP contribution in [0.15, 0.2) is 0 Å². The number of hydrogen-bond acceptors (Lipinski definition) is 2. The van der Waals surface area contributed by atoms with Gasteiger partial charge < -0.3 is 5.32 Å². The minimum Gasteiger partial charge on any atom is -0.313 e. The average Bonchev–Trinajstić information content (AvgIpc) is 2.18. The fourth-order valence-corrected chi connectivity index (χ4v) is 3.40. The normalized spacial score (nSPS) is 41.1. The van der Waals surface area contributed by atoms with E-state index in [1.807, 2.05) is 0 Å². The summed E-state index contributed by atoms with van der Waals surface area (Å²) in [6.07, 6.45) is 2.74. The van der Waals surface area contributed by atoms with Crippen LogP contribution in [0.25, 0.3) is 0 Å². The molecule has 2 aliphatic heterocycles. The number of rotatable bonds is 0. The van der Waals surface area contributed by atoms with E-state index in [2.05, 4.69) is 37.9 Å². The smallest absolute Gasteiger partial charge is 0.0315 e. The Morgan fingerprint density at radius 3 is 2.54 bits per heavy atom. The quantitative estimate of drug-likeness (QED) is 0.612. The zero-order valence-corrected chi connectivity index (χ0v) is 9.35. The van der Waals surface area contributed by atoms with Crippen LogP contribution >= 0.6 is 0 Å². The lowest BCUT2D eigenvalue weighted by Gasteiger charge is -2.50. The van der Waals surface area contributed by atoms with Gasteiger partial charge in [0.15, 0.2) is 0 Å². The zero-order chi connectivity index (χ0) is 9.69. The second-order valence-corrected chi connectivity index (χ2v) is 5.86. The number of nitrogens with zero attached hydrogens (tertiary/aromatic N) is 1.